The van der Waals surface area contributed by atoms with Crippen LogP contribution in [0.25, 0.3) is 0 Å². The van der Waals surface area contributed by atoms with Crippen molar-refractivity contribution in [2.75, 3.05) is 0 Å². The SMILES string of the molecule is C=C(CCCCCC)C(C)CCc1ccccc1. The maximum atomic E-state index is 4.26. The van der Waals surface area contributed by atoms with E-state index in [2.05, 4.69) is 50.8 Å². The van der Waals surface area contributed by atoms with Crippen LogP contribution in [-0.2, 0) is 6.42 Å². The first kappa shape index (κ1) is 15.0. The van der Waals surface area contributed by atoms with E-state index in [1.54, 1.807) is 0 Å². The van der Waals surface area contributed by atoms with Gasteiger partial charge in [-0.1, -0.05) is 75.6 Å². The van der Waals surface area contributed by atoms with Gasteiger partial charge in [0.2, 0.25) is 0 Å². The summed E-state index contributed by atoms with van der Waals surface area (Å²) in [4.78, 5) is 0. The third kappa shape index (κ3) is 6.05. The number of hydrogen-bond acceptors (Lipinski definition) is 0. The van der Waals surface area contributed by atoms with Crippen LogP contribution in [0.5, 0.6) is 0 Å². The summed E-state index contributed by atoms with van der Waals surface area (Å²) in [6.07, 6.45) is 8.99. The maximum Gasteiger partial charge on any atom is -0.0231 e. The number of allylic oxidation sites excluding steroid dienone is 1. The van der Waals surface area contributed by atoms with Gasteiger partial charge in [-0.2, -0.15) is 0 Å². The maximum absolute atomic E-state index is 4.26. The standard InChI is InChI=1S/C18H28/c1-4-5-6-8-11-16(2)17(3)14-15-18-12-9-7-10-13-18/h7,9-10,12-13,17H,2,4-6,8,11,14-15H2,1,3H3. The third-order valence-corrected chi connectivity index (χ3v) is 3.76. The van der Waals surface area contributed by atoms with E-state index in [1.807, 2.05) is 0 Å². The Balaban J connectivity index is 2.19. The molecule has 0 heteroatoms. The molecule has 0 bridgehead atoms. The second kappa shape index (κ2) is 8.97. The van der Waals surface area contributed by atoms with Crippen LogP contribution in [0.3, 0.4) is 0 Å². The lowest BCUT2D eigenvalue weighted by atomic mass is 9.91. The van der Waals surface area contributed by atoms with Crippen molar-refractivity contribution in [3.63, 3.8) is 0 Å². The molecule has 0 radical (unpaired) electrons. The Morgan fingerprint density at radius 3 is 2.50 bits per heavy atom. The van der Waals surface area contributed by atoms with Crippen molar-refractivity contribution in [3.8, 4) is 0 Å². The van der Waals surface area contributed by atoms with E-state index in [4.69, 9.17) is 0 Å². The molecule has 1 aromatic carbocycles. The molecule has 0 fully saturated rings. The fourth-order valence-corrected chi connectivity index (χ4v) is 2.26. The van der Waals surface area contributed by atoms with Crippen LogP contribution < -0.4 is 0 Å². The number of hydrogen-bond donors (Lipinski definition) is 0. The molecular formula is C18H28. The van der Waals surface area contributed by atoms with E-state index in [9.17, 15) is 0 Å². The molecule has 0 heterocycles. The highest BCUT2D eigenvalue weighted by molar-refractivity contribution is 5.15. The van der Waals surface area contributed by atoms with Gasteiger partial charge in [0, 0.05) is 0 Å². The molecule has 0 nitrogen and oxygen atoms in total. The van der Waals surface area contributed by atoms with E-state index < -0.39 is 0 Å². The van der Waals surface area contributed by atoms with Crippen molar-refractivity contribution >= 4 is 0 Å². The van der Waals surface area contributed by atoms with Crippen molar-refractivity contribution in [1.82, 2.24) is 0 Å². The molecule has 0 aliphatic carbocycles. The van der Waals surface area contributed by atoms with Crippen LogP contribution >= 0.6 is 0 Å². The van der Waals surface area contributed by atoms with E-state index in [1.165, 1.54) is 56.1 Å². The van der Waals surface area contributed by atoms with Crippen molar-refractivity contribution in [3.05, 3.63) is 48.0 Å². The second-order valence-corrected chi connectivity index (χ2v) is 5.39. The molecule has 0 aliphatic rings. The lowest BCUT2D eigenvalue weighted by molar-refractivity contribution is 0.566. The first-order chi connectivity index (χ1) is 8.74. The van der Waals surface area contributed by atoms with Crippen LogP contribution in [0.2, 0.25) is 0 Å². The molecule has 0 saturated heterocycles. The van der Waals surface area contributed by atoms with E-state index in [0.717, 1.165) is 0 Å². The first-order valence-electron chi connectivity index (χ1n) is 7.45. The summed E-state index contributed by atoms with van der Waals surface area (Å²) in [7, 11) is 0. The van der Waals surface area contributed by atoms with Crippen molar-refractivity contribution < 1.29 is 0 Å². The summed E-state index contributed by atoms with van der Waals surface area (Å²) in [5.41, 5.74) is 2.89. The van der Waals surface area contributed by atoms with E-state index in [0.29, 0.717) is 5.92 Å². The summed E-state index contributed by atoms with van der Waals surface area (Å²) in [6.45, 7) is 8.85. The fraction of sp³-hybridized carbons (Fsp3) is 0.556. The zero-order valence-electron chi connectivity index (χ0n) is 12.1. The van der Waals surface area contributed by atoms with Crippen LogP contribution in [0.4, 0.5) is 0 Å². The summed E-state index contributed by atoms with van der Waals surface area (Å²) >= 11 is 0. The molecule has 1 rings (SSSR count). The average molecular weight is 244 g/mol. The molecule has 18 heavy (non-hydrogen) atoms. The highest BCUT2D eigenvalue weighted by Crippen LogP contribution is 2.21. The fourth-order valence-electron chi connectivity index (χ4n) is 2.26. The van der Waals surface area contributed by atoms with Gasteiger partial charge in [-0.15, -0.1) is 0 Å². The van der Waals surface area contributed by atoms with Gasteiger partial charge in [-0.3, -0.25) is 0 Å². The summed E-state index contributed by atoms with van der Waals surface area (Å²) < 4.78 is 0. The number of aryl methyl sites for hydroxylation is 1. The number of rotatable bonds is 9. The Morgan fingerprint density at radius 1 is 1.11 bits per heavy atom. The van der Waals surface area contributed by atoms with Crippen molar-refractivity contribution in [2.24, 2.45) is 5.92 Å². The Bertz CT molecular complexity index is 323. The lowest BCUT2D eigenvalue weighted by Gasteiger charge is -2.14. The Hall–Kier alpha value is -1.04. The molecular weight excluding hydrogens is 216 g/mol. The van der Waals surface area contributed by atoms with Gasteiger partial charge in [0.1, 0.15) is 0 Å². The quantitative estimate of drug-likeness (QED) is 0.381. The van der Waals surface area contributed by atoms with Crippen molar-refractivity contribution in [1.29, 1.82) is 0 Å². The third-order valence-electron chi connectivity index (χ3n) is 3.76. The van der Waals surface area contributed by atoms with Gasteiger partial charge in [-0.05, 0) is 37.2 Å². The highest BCUT2D eigenvalue weighted by atomic mass is 14.1. The normalized spacial score (nSPS) is 12.3. The van der Waals surface area contributed by atoms with E-state index in [-0.39, 0.29) is 0 Å². The largest absolute Gasteiger partial charge is 0.0996 e. The molecule has 1 aromatic rings. The van der Waals surface area contributed by atoms with Gasteiger partial charge >= 0.3 is 0 Å². The molecule has 1 atom stereocenters. The van der Waals surface area contributed by atoms with Crippen LogP contribution in [0, 0.1) is 5.92 Å². The predicted molar refractivity (Wildman–Crippen MR) is 81.8 cm³/mol. The minimum absolute atomic E-state index is 0.659. The van der Waals surface area contributed by atoms with Crippen LogP contribution in [0.1, 0.15) is 57.9 Å². The summed E-state index contributed by atoms with van der Waals surface area (Å²) in [5.74, 6) is 0.659. The highest BCUT2D eigenvalue weighted by Gasteiger charge is 2.06. The Labute approximate surface area is 113 Å². The Kier molecular flexibility index (Phi) is 7.48. The molecule has 1 unspecified atom stereocenters. The average Bonchev–Trinajstić information content (AvgIpc) is 2.42. The minimum Gasteiger partial charge on any atom is -0.0996 e. The first-order valence-corrected chi connectivity index (χ1v) is 7.45. The summed E-state index contributed by atoms with van der Waals surface area (Å²) in [6, 6.07) is 10.8. The van der Waals surface area contributed by atoms with Gasteiger partial charge in [-0.25, -0.2) is 0 Å². The Morgan fingerprint density at radius 2 is 1.83 bits per heavy atom. The summed E-state index contributed by atoms with van der Waals surface area (Å²) in [5, 5.41) is 0. The molecule has 0 aromatic heterocycles. The van der Waals surface area contributed by atoms with Gasteiger partial charge in [0.05, 0.1) is 0 Å². The zero-order valence-corrected chi connectivity index (χ0v) is 12.1. The van der Waals surface area contributed by atoms with E-state index >= 15 is 0 Å². The van der Waals surface area contributed by atoms with Crippen LogP contribution in [-0.4, -0.2) is 0 Å². The van der Waals surface area contributed by atoms with Crippen molar-refractivity contribution in [2.45, 2.75) is 58.8 Å². The zero-order chi connectivity index (χ0) is 13.2. The van der Waals surface area contributed by atoms with Gasteiger partial charge in [0.15, 0.2) is 0 Å². The number of benzene rings is 1. The lowest BCUT2D eigenvalue weighted by Crippen LogP contribution is -2.01. The molecule has 0 N–H and O–H groups in total. The molecule has 0 spiro atoms. The second-order valence-electron chi connectivity index (χ2n) is 5.39. The smallest absolute Gasteiger partial charge is 0.0231 e. The topological polar surface area (TPSA) is 0 Å². The monoisotopic (exact) mass is 244 g/mol. The molecule has 0 amide bonds. The minimum atomic E-state index is 0.659. The molecule has 0 saturated carbocycles. The van der Waals surface area contributed by atoms with Gasteiger partial charge in [0.25, 0.3) is 0 Å². The molecule has 100 valence electrons. The number of unbranched alkanes of at least 4 members (excludes halogenated alkanes) is 3. The molecule has 0 aliphatic heterocycles. The van der Waals surface area contributed by atoms with Gasteiger partial charge < -0.3 is 0 Å². The van der Waals surface area contributed by atoms with Crippen LogP contribution in [0.15, 0.2) is 42.5 Å². The predicted octanol–water partition coefficient (Wildman–Crippen LogP) is 5.78.